The van der Waals surface area contributed by atoms with Gasteiger partial charge in [0.25, 0.3) is 0 Å². The van der Waals surface area contributed by atoms with Crippen molar-refractivity contribution in [2.24, 2.45) is 0 Å². The quantitative estimate of drug-likeness (QED) is 0.363. The molecular weight excluding hydrogens is 315 g/mol. The predicted octanol–water partition coefficient (Wildman–Crippen LogP) is 5.39. The molecule has 0 aliphatic rings. The summed E-state index contributed by atoms with van der Waals surface area (Å²) in [5, 5.41) is 10.7. The van der Waals surface area contributed by atoms with E-state index in [1.165, 1.54) is 0 Å². The Labute approximate surface area is 108 Å². The van der Waals surface area contributed by atoms with E-state index >= 15 is 0 Å². The minimum absolute atomic E-state index is 0.596. The van der Waals surface area contributed by atoms with Gasteiger partial charge in [-0.1, -0.05) is 34.1 Å². The summed E-state index contributed by atoms with van der Waals surface area (Å²) < 4.78 is 40.0. The number of nitrogens with zero attached hydrogens (tertiary/aromatic N) is 2. The van der Waals surface area contributed by atoms with Crippen LogP contribution in [0.2, 0.25) is 0 Å². The molecule has 0 radical (unpaired) electrons. The maximum Gasteiger partial charge on any atom is 0.673 e. The fraction of sp³-hybridized carbons (Fsp3) is 0. The zero-order valence-corrected chi connectivity index (χ0v) is 10.4. The average Bonchev–Trinajstić information content (AvgIpc) is 2.28. The second kappa shape index (κ2) is 5.82. The minimum atomic E-state index is -6.00. The highest BCUT2D eigenvalue weighted by molar-refractivity contribution is 9.10. The molecule has 0 spiro atoms. The highest BCUT2D eigenvalue weighted by Crippen LogP contribution is 2.31. The van der Waals surface area contributed by atoms with Crippen LogP contribution in [-0.4, -0.2) is 7.25 Å². The molecule has 0 bridgehead atoms. The molecule has 0 amide bonds. The Morgan fingerprint density at radius 3 is 1.94 bits per heavy atom. The number of hydrogen-bond acceptors (Lipinski definition) is 1. The summed E-state index contributed by atoms with van der Waals surface area (Å²) in [5.74, 6) is 0. The second-order valence-corrected chi connectivity index (χ2v) is 4.06. The van der Waals surface area contributed by atoms with Crippen LogP contribution in [0.25, 0.3) is 15.7 Å². The summed E-state index contributed by atoms with van der Waals surface area (Å²) in [6.45, 7) is 0. The van der Waals surface area contributed by atoms with E-state index in [4.69, 9.17) is 5.39 Å². The molecule has 0 aromatic heterocycles. The van der Waals surface area contributed by atoms with E-state index in [9.17, 15) is 17.3 Å². The molecule has 0 N–H and O–H groups in total. The number of fused-ring (bicyclic) bond motifs is 1. The third kappa shape index (κ3) is 4.33. The summed E-state index contributed by atoms with van der Waals surface area (Å²) >= 11 is 3.44. The molecule has 0 aliphatic carbocycles. The van der Waals surface area contributed by atoms with Crippen LogP contribution in [0.5, 0.6) is 0 Å². The molecule has 0 fully saturated rings. The first-order chi connectivity index (χ1) is 8.33. The van der Waals surface area contributed by atoms with Crippen LogP contribution < -0.4 is 0 Å². The molecule has 0 aliphatic heterocycles. The van der Waals surface area contributed by atoms with Crippen molar-refractivity contribution in [1.82, 2.24) is 0 Å². The van der Waals surface area contributed by atoms with Crippen molar-refractivity contribution >= 4 is 39.6 Å². The van der Waals surface area contributed by atoms with Gasteiger partial charge in [0.05, 0.1) is 5.39 Å². The van der Waals surface area contributed by atoms with Gasteiger partial charge in [0, 0.05) is 15.9 Å². The van der Waals surface area contributed by atoms with Gasteiger partial charge in [-0.15, -0.1) is 0 Å². The lowest BCUT2D eigenvalue weighted by Gasteiger charge is -1.95. The molecule has 8 heteroatoms. The SMILES string of the molecule is F[B-](F)(F)F.N#[N+]c1ccc(Br)c2ccccc12. The Hall–Kier alpha value is -1.62. The van der Waals surface area contributed by atoms with Gasteiger partial charge < -0.3 is 17.3 Å². The molecule has 2 aromatic carbocycles. The van der Waals surface area contributed by atoms with Crippen molar-refractivity contribution in [3.8, 4) is 0 Å². The van der Waals surface area contributed by atoms with Crippen LogP contribution >= 0.6 is 15.9 Å². The maximum atomic E-state index is 9.75. The normalized spacial score (nSPS) is 10.4. The number of halogens is 5. The summed E-state index contributed by atoms with van der Waals surface area (Å²) in [7, 11) is -6.00. The van der Waals surface area contributed by atoms with E-state index in [2.05, 4.69) is 20.9 Å². The monoisotopic (exact) mass is 320 g/mol. The lowest BCUT2D eigenvalue weighted by molar-refractivity contribution is 0.368. The number of diazo groups is 1. The highest BCUT2D eigenvalue weighted by Gasteiger charge is 2.20. The molecule has 2 aromatic rings. The zero-order chi connectivity index (χ0) is 13.8. The first-order valence-corrected chi connectivity index (χ1v) is 5.52. The predicted molar refractivity (Wildman–Crippen MR) is 66.6 cm³/mol. The van der Waals surface area contributed by atoms with Crippen LogP contribution in [0.3, 0.4) is 0 Å². The van der Waals surface area contributed by atoms with Crippen molar-refractivity contribution < 1.29 is 17.3 Å². The van der Waals surface area contributed by atoms with Crippen molar-refractivity contribution in [3.05, 3.63) is 45.8 Å². The van der Waals surface area contributed by atoms with E-state index in [1.54, 1.807) is 6.07 Å². The largest absolute Gasteiger partial charge is 0.673 e. The van der Waals surface area contributed by atoms with Gasteiger partial charge in [-0.2, -0.15) is 0 Å². The number of benzene rings is 2. The van der Waals surface area contributed by atoms with Gasteiger partial charge in [0.15, 0.2) is 4.98 Å². The van der Waals surface area contributed by atoms with Gasteiger partial charge >= 0.3 is 12.9 Å². The van der Waals surface area contributed by atoms with Gasteiger partial charge in [-0.05, 0) is 12.1 Å². The van der Waals surface area contributed by atoms with Crippen LogP contribution in [0.1, 0.15) is 0 Å². The Balaban J connectivity index is 0.000000280. The third-order valence-electron chi connectivity index (χ3n) is 1.96. The Morgan fingerprint density at radius 1 is 0.944 bits per heavy atom. The summed E-state index contributed by atoms with van der Waals surface area (Å²) in [6.07, 6.45) is 0. The molecule has 0 saturated heterocycles. The first-order valence-electron chi connectivity index (χ1n) is 4.72. The third-order valence-corrected chi connectivity index (χ3v) is 2.65. The molecule has 2 rings (SSSR count). The van der Waals surface area contributed by atoms with Crippen LogP contribution in [0.15, 0.2) is 40.9 Å². The smallest absolute Gasteiger partial charge is 0.418 e. The maximum absolute atomic E-state index is 9.75. The fourth-order valence-corrected chi connectivity index (χ4v) is 1.81. The van der Waals surface area contributed by atoms with E-state index < -0.39 is 7.25 Å². The van der Waals surface area contributed by atoms with Crippen molar-refractivity contribution in [1.29, 1.82) is 5.39 Å². The minimum Gasteiger partial charge on any atom is -0.418 e. The first kappa shape index (κ1) is 14.4. The topological polar surface area (TPSA) is 28.1 Å². The Morgan fingerprint density at radius 2 is 1.44 bits per heavy atom. The van der Waals surface area contributed by atoms with Gasteiger partial charge in [0.2, 0.25) is 5.39 Å². The molecule has 0 unspecified atom stereocenters. The lowest BCUT2D eigenvalue weighted by atomic mass is 10.1. The Bertz CT molecular complexity index is 588. The van der Waals surface area contributed by atoms with Crippen LogP contribution in [-0.2, 0) is 0 Å². The van der Waals surface area contributed by atoms with Crippen molar-refractivity contribution in [2.45, 2.75) is 0 Å². The van der Waals surface area contributed by atoms with Crippen LogP contribution in [0, 0.1) is 5.39 Å². The fourth-order valence-electron chi connectivity index (χ4n) is 1.33. The summed E-state index contributed by atoms with van der Waals surface area (Å²) in [5.41, 5.74) is 0.596. The van der Waals surface area contributed by atoms with E-state index in [0.717, 1.165) is 15.2 Å². The molecule has 0 saturated carbocycles. The molecule has 94 valence electrons. The van der Waals surface area contributed by atoms with Gasteiger partial charge in [-0.3, -0.25) is 0 Å². The second-order valence-electron chi connectivity index (χ2n) is 3.21. The number of hydrogen-bond donors (Lipinski definition) is 0. The summed E-state index contributed by atoms with van der Waals surface area (Å²) in [6, 6.07) is 11.4. The van der Waals surface area contributed by atoms with Crippen molar-refractivity contribution in [3.63, 3.8) is 0 Å². The molecule has 0 heterocycles. The average molecular weight is 321 g/mol. The van der Waals surface area contributed by atoms with Crippen molar-refractivity contribution in [2.75, 3.05) is 0 Å². The van der Waals surface area contributed by atoms with E-state index in [1.807, 2.05) is 30.3 Å². The Kier molecular flexibility index (Phi) is 4.67. The van der Waals surface area contributed by atoms with Gasteiger partial charge in [0.1, 0.15) is 0 Å². The van der Waals surface area contributed by atoms with E-state index in [0.29, 0.717) is 5.69 Å². The highest BCUT2D eigenvalue weighted by atomic mass is 79.9. The molecule has 0 atom stereocenters. The van der Waals surface area contributed by atoms with Crippen LogP contribution in [0.4, 0.5) is 23.0 Å². The molecular formula is C10H6BBrF4N2. The molecule has 2 nitrogen and oxygen atoms in total. The summed E-state index contributed by atoms with van der Waals surface area (Å²) in [4.78, 5) is 3.22. The standard InChI is InChI=1S/C10H6BrN2.BF4/c11-9-5-6-10(13-12)8-4-2-1-3-7(8)9;2-1(3,4)5/h1-6H;/q+1;-1. The lowest BCUT2D eigenvalue weighted by Crippen LogP contribution is -2.02. The number of rotatable bonds is 0. The van der Waals surface area contributed by atoms with E-state index in [-0.39, 0.29) is 0 Å². The zero-order valence-electron chi connectivity index (χ0n) is 8.83. The molecule has 18 heavy (non-hydrogen) atoms. The van der Waals surface area contributed by atoms with Gasteiger partial charge in [-0.25, -0.2) is 0 Å².